The molecule has 3 nitrogen and oxygen atoms in total. The van der Waals surface area contributed by atoms with Crippen molar-refractivity contribution in [3.63, 3.8) is 0 Å². The third-order valence-corrected chi connectivity index (χ3v) is 4.50. The summed E-state index contributed by atoms with van der Waals surface area (Å²) < 4.78 is 0. The van der Waals surface area contributed by atoms with Gasteiger partial charge in [-0.1, -0.05) is 12.1 Å². The van der Waals surface area contributed by atoms with Crippen LogP contribution in [0.15, 0.2) is 47.5 Å². The summed E-state index contributed by atoms with van der Waals surface area (Å²) in [5.41, 5.74) is 2.49. The zero-order valence-corrected chi connectivity index (χ0v) is 12.9. The molecule has 1 aliphatic rings. The minimum absolute atomic E-state index is 0.102. The minimum Gasteiger partial charge on any atom is -0.339 e. The van der Waals surface area contributed by atoms with Gasteiger partial charge in [0.05, 0.1) is 11.3 Å². The molecule has 0 unspecified atom stereocenters. The van der Waals surface area contributed by atoms with Crippen LogP contribution in [0.1, 0.15) is 23.2 Å². The van der Waals surface area contributed by atoms with Crippen LogP contribution < -0.4 is 0 Å². The van der Waals surface area contributed by atoms with Gasteiger partial charge in [-0.15, -0.1) is 11.8 Å². The lowest BCUT2D eigenvalue weighted by atomic mass is 10.0. The van der Waals surface area contributed by atoms with Crippen molar-refractivity contribution in [2.24, 2.45) is 0 Å². The SMILES string of the molecule is CSc1cccc(-c2ncccc2C(=O)N2CCCC2)c1. The molecule has 1 aromatic carbocycles. The predicted molar refractivity (Wildman–Crippen MR) is 86.6 cm³/mol. The number of nitrogens with zero attached hydrogens (tertiary/aromatic N) is 2. The lowest BCUT2D eigenvalue weighted by molar-refractivity contribution is 0.0793. The quantitative estimate of drug-likeness (QED) is 0.810. The standard InChI is InChI=1S/C17H18N2OS/c1-21-14-7-4-6-13(12-14)16-15(8-5-9-18-16)17(20)19-10-2-3-11-19/h4-9,12H,2-3,10-11H2,1H3. The molecule has 0 N–H and O–H groups in total. The molecule has 1 saturated heterocycles. The highest BCUT2D eigenvalue weighted by atomic mass is 32.2. The Morgan fingerprint density at radius 3 is 2.76 bits per heavy atom. The molecular formula is C17H18N2OS. The number of hydrogen-bond donors (Lipinski definition) is 0. The topological polar surface area (TPSA) is 33.2 Å². The first-order chi connectivity index (χ1) is 10.3. The first kappa shape index (κ1) is 14.1. The third-order valence-electron chi connectivity index (χ3n) is 3.77. The van der Waals surface area contributed by atoms with E-state index in [2.05, 4.69) is 17.1 Å². The molecule has 0 spiro atoms. The minimum atomic E-state index is 0.102. The highest BCUT2D eigenvalue weighted by molar-refractivity contribution is 7.98. The van der Waals surface area contributed by atoms with E-state index in [-0.39, 0.29) is 5.91 Å². The Bertz CT molecular complexity index is 651. The zero-order chi connectivity index (χ0) is 14.7. The fourth-order valence-electron chi connectivity index (χ4n) is 2.67. The Balaban J connectivity index is 2.00. The molecule has 21 heavy (non-hydrogen) atoms. The number of benzene rings is 1. The maximum atomic E-state index is 12.7. The molecule has 2 heterocycles. The first-order valence-corrected chi connectivity index (χ1v) is 8.41. The monoisotopic (exact) mass is 298 g/mol. The van der Waals surface area contributed by atoms with E-state index in [1.54, 1.807) is 18.0 Å². The van der Waals surface area contributed by atoms with Crippen LogP contribution in [0.4, 0.5) is 0 Å². The molecule has 0 aliphatic carbocycles. The third kappa shape index (κ3) is 2.95. The molecule has 1 amide bonds. The lowest BCUT2D eigenvalue weighted by Crippen LogP contribution is -2.28. The van der Waals surface area contributed by atoms with E-state index in [4.69, 9.17) is 0 Å². The molecule has 2 aromatic rings. The molecule has 1 aromatic heterocycles. The van der Waals surface area contributed by atoms with Gasteiger partial charge in [0.25, 0.3) is 5.91 Å². The summed E-state index contributed by atoms with van der Waals surface area (Å²) in [6.07, 6.45) is 6.00. The van der Waals surface area contributed by atoms with Crippen LogP contribution in [0.5, 0.6) is 0 Å². The number of carbonyl (C=O) groups excluding carboxylic acids is 1. The number of likely N-dealkylation sites (tertiary alicyclic amines) is 1. The molecule has 4 heteroatoms. The van der Waals surface area contributed by atoms with Crippen LogP contribution in [0.25, 0.3) is 11.3 Å². The van der Waals surface area contributed by atoms with E-state index < -0.39 is 0 Å². The second-order valence-electron chi connectivity index (χ2n) is 5.13. The molecule has 1 fully saturated rings. The van der Waals surface area contributed by atoms with Crippen molar-refractivity contribution in [2.75, 3.05) is 19.3 Å². The molecule has 0 saturated carbocycles. The summed E-state index contributed by atoms with van der Waals surface area (Å²) in [4.78, 5) is 20.2. The summed E-state index contributed by atoms with van der Waals surface area (Å²) in [5.74, 6) is 0.102. The summed E-state index contributed by atoms with van der Waals surface area (Å²) >= 11 is 1.69. The highest BCUT2D eigenvalue weighted by Crippen LogP contribution is 2.27. The van der Waals surface area contributed by atoms with Gasteiger partial charge in [0.1, 0.15) is 0 Å². The average Bonchev–Trinajstić information content (AvgIpc) is 3.09. The van der Waals surface area contributed by atoms with Gasteiger partial charge < -0.3 is 4.90 Å². The Labute approximate surface area is 129 Å². The van der Waals surface area contributed by atoms with Crippen LogP contribution in [0.3, 0.4) is 0 Å². The fraction of sp³-hybridized carbons (Fsp3) is 0.294. The number of rotatable bonds is 3. The van der Waals surface area contributed by atoms with E-state index >= 15 is 0 Å². The maximum absolute atomic E-state index is 12.7. The second-order valence-corrected chi connectivity index (χ2v) is 6.01. The normalized spacial score (nSPS) is 14.4. The largest absolute Gasteiger partial charge is 0.339 e. The van der Waals surface area contributed by atoms with Gasteiger partial charge in [0.2, 0.25) is 0 Å². The van der Waals surface area contributed by atoms with E-state index in [1.165, 1.54) is 4.90 Å². The number of aromatic nitrogens is 1. The molecule has 108 valence electrons. The molecule has 0 radical (unpaired) electrons. The summed E-state index contributed by atoms with van der Waals surface area (Å²) in [6.45, 7) is 1.72. The predicted octanol–water partition coefficient (Wildman–Crippen LogP) is 3.71. The fourth-order valence-corrected chi connectivity index (χ4v) is 3.13. The smallest absolute Gasteiger partial charge is 0.256 e. The Hall–Kier alpha value is -1.81. The molecule has 1 aliphatic heterocycles. The Morgan fingerprint density at radius 1 is 1.19 bits per heavy atom. The molecule has 3 rings (SSSR count). The zero-order valence-electron chi connectivity index (χ0n) is 12.1. The van der Waals surface area contributed by atoms with Crippen molar-refractivity contribution < 1.29 is 4.79 Å². The Kier molecular flexibility index (Phi) is 4.25. The van der Waals surface area contributed by atoms with Crippen molar-refractivity contribution in [1.82, 2.24) is 9.88 Å². The van der Waals surface area contributed by atoms with Gasteiger partial charge in [0.15, 0.2) is 0 Å². The van der Waals surface area contributed by atoms with Gasteiger partial charge in [0, 0.05) is 29.7 Å². The van der Waals surface area contributed by atoms with Crippen molar-refractivity contribution in [3.05, 3.63) is 48.2 Å². The summed E-state index contributed by atoms with van der Waals surface area (Å²) in [6, 6.07) is 11.9. The highest BCUT2D eigenvalue weighted by Gasteiger charge is 2.22. The van der Waals surface area contributed by atoms with Gasteiger partial charge in [-0.3, -0.25) is 9.78 Å². The van der Waals surface area contributed by atoms with E-state index in [0.717, 1.165) is 37.2 Å². The number of thioether (sulfide) groups is 1. The van der Waals surface area contributed by atoms with Crippen LogP contribution in [0.2, 0.25) is 0 Å². The van der Waals surface area contributed by atoms with Crippen LogP contribution in [-0.2, 0) is 0 Å². The Morgan fingerprint density at radius 2 is 2.00 bits per heavy atom. The van der Waals surface area contributed by atoms with Crippen molar-refractivity contribution >= 4 is 17.7 Å². The molecule has 0 bridgehead atoms. The average molecular weight is 298 g/mol. The number of hydrogen-bond acceptors (Lipinski definition) is 3. The van der Waals surface area contributed by atoms with Crippen LogP contribution in [-0.4, -0.2) is 35.1 Å². The summed E-state index contributed by atoms with van der Waals surface area (Å²) in [5, 5.41) is 0. The van der Waals surface area contributed by atoms with E-state index in [0.29, 0.717) is 5.56 Å². The van der Waals surface area contributed by atoms with Crippen molar-refractivity contribution in [2.45, 2.75) is 17.7 Å². The number of carbonyl (C=O) groups is 1. The molecular weight excluding hydrogens is 280 g/mol. The van der Waals surface area contributed by atoms with Crippen molar-refractivity contribution in [1.29, 1.82) is 0 Å². The first-order valence-electron chi connectivity index (χ1n) is 7.18. The van der Waals surface area contributed by atoms with Crippen LogP contribution >= 0.6 is 11.8 Å². The van der Waals surface area contributed by atoms with E-state index in [9.17, 15) is 4.79 Å². The van der Waals surface area contributed by atoms with Crippen molar-refractivity contribution in [3.8, 4) is 11.3 Å². The number of pyridine rings is 1. The van der Waals surface area contributed by atoms with Gasteiger partial charge in [-0.05, 0) is 43.4 Å². The summed E-state index contributed by atoms with van der Waals surface area (Å²) in [7, 11) is 0. The maximum Gasteiger partial charge on any atom is 0.256 e. The van der Waals surface area contributed by atoms with Gasteiger partial charge in [-0.2, -0.15) is 0 Å². The molecule has 0 atom stereocenters. The van der Waals surface area contributed by atoms with Gasteiger partial charge >= 0.3 is 0 Å². The van der Waals surface area contributed by atoms with Gasteiger partial charge in [-0.25, -0.2) is 0 Å². The van der Waals surface area contributed by atoms with Crippen LogP contribution in [0, 0.1) is 0 Å². The second kappa shape index (κ2) is 6.31. The lowest BCUT2D eigenvalue weighted by Gasteiger charge is -2.17. The number of amides is 1. The van der Waals surface area contributed by atoms with E-state index in [1.807, 2.05) is 35.4 Å².